The summed E-state index contributed by atoms with van der Waals surface area (Å²) in [5.74, 6) is 0.201. The van der Waals surface area contributed by atoms with Crippen LogP contribution in [0, 0.1) is 0 Å². The molecule has 1 amide bonds. The summed E-state index contributed by atoms with van der Waals surface area (Å²) >= 11 is 3.19. The molecule has 2 atom stereocenters. The molecule has 6 nitrogen and oxygen atoms in total. The van der Waals surface area contributed by atoms with E-state index in [9.17, 15) is 15.0 Å². The summed E-state index contributed by atoms with van der Waals surface area (Å²) in [4.78, 5) is 11.5. The van der Waals surface area contributed by atoms with Gasteiger partial charge >= 0.3 is 6.09 Å². The van der Waals surface area contributed by atoms with Crippen LogP contribution in [0.5, 0.6) is 0 Å². The second-order valence-electron chi connectivity index (χ2n) is 4.59. The summed E-state index contributed by atoms with van der Waals surface area (Å²) in [6, 6.07) is 10.8. The van der Waals surface area contributed by atoms with E-state index in [0.29, 0.717) is 4.47 Å². The minimum atomic E-state index is -1.25. The first-order valence-electron chi connectivity index (χ1n) is 6.61. The highest BCUT2D eigenvalue weighted by atomic mass is 79.9. The highest BCUT2D eigenvalue weighted by Crippen LogP contribution is 2.26. The third-order valence-corrected chi connectivity index (χ3v) is 3.60. The van der Waals surface area contributed by atoms with Crippen molar-refractivity contribution in [3.63, 3.8) is 0 Å². The molecule has 0 saturated carbocycles. The number of halogens is 1. The van der Waals surface area contributed by atoms with Crippen LogP contribution in [0.25, 0.3) is 0 Å². The Kier molecular flexibility index (Phi) is 6.00. The number of rotatable bonds is 6. The number of ether oxygens (including phenoxy) is 1. The molecule has 0 radical (unpaired) electrons. The fraction of sp³-hybridized carbons (Fsp3) is 0.267. The number of benzene rings is 1. The van der Waals surface area contributed by atoms with Gasteiger partial charge in [-0.2, -0.15) is 0 Å². The quantitative estimate of drug-likeness (QED) is 0.726. The lowest BCUT2D eigenvalue weighted by molar-refractivity contribution is 0.00544. The average Bonchev–Trinajstić information content (AvgIpc) is 2.96. The Balaban J connectivity index is 1.75. The Morgan fingerprint density at radius 1 is 1.27 bits per heavy atom. The summed E-state index contributed by atoms with van der Waals surface area (Å²) in [6.07, 6.45) is -1.75. The number of hydrogen-bond donors (Lipinski definition) is 3. The van der Waals surface area contributed by atoms with Gasteiger partial charge in [-0.05, 0) is 27.6 Å². The molecule has 22 heavy (non-hydrogen) atoms. The summed E-state index contributed by atoms with van der Waals surface area (Å²) in [6.45, 7) is -0.0308. The Hall–Kier alpha value is -1.83. The molecule has 2 unspecified atom stereocenters. The lowest BCUT2D eigenvalue weighted by atomic mass is 10.1. The lowest BCUT2D eigenvalue weighted by Crippen LogP contribution is -2.35. The van der Waals surface area contributed by atoms with Crippen molar-refractivity contribution in [2.45, 2.75) is 18.8 Å². The molecule has 2 aromatic rings. The first-order valence-corrected chi connectivity index (χ1v) is 7.41. The van der Waals surface area contributed by atoms with Crippen molar-refractivity contribution in [3.8, 4) is 0 Å². The van der Waals surface area contributed by atoms with Gasteiger partial charge in [0.05, 0.1) is 10.7 Å². The molecular weight excluding hydrogens is 354 g/mol. The topological polar surface area (TPSA) is 91.9 Å². The fourth-order valence-corrected chi connectivity index (χ4v) is 2.20. The van der Waals surface area contributed by atoms with Crippen molar-refractivity contribution in [3.05, 3.63) is 58.5 Å². The number of amides is 1. The Morgan fingerprint density at radius 2 is 2.00 bits per heavy atom. The molecule has 0 fully saturated rings. The van der Waals surface area contributed by atoms with E-state index in [1.54, 1.807) is 6.07 Å². The predicted molar refractivity (Wildman–Crippen MR) is 82.0 cm³/mol. The molecule has 1 heterocycles. The highest BCUT2D eigenvalue weighted by Gasteiger charge is 2.24. The van der Waals surface area contributed by atoms with Gasteiger partial charge in [-0.15, -0.1) is 0 Å². The Bertz CT molecular complexity index is 601. The summed E-state index contributed by atoms with van der Waals surface area (Å²) in [5.41, 5.74) is 0.859. The maximum atomic E-state index is 11.5. The van der Waals surface area contributed by atoms with Gasteiger partial charge in [-0.3, -0.25) is 0 Å². The monoisotopic (exact) mass is 369 g/mol. The molecule has 7 heteroatoms. The van der Waals surface area contributed by atoms with Crippen molar-refractivity contribution >= 4 is 22.0 Å². The van der Waals surface area contributed by atoms with Gasteiger partial charge in [0.15, 0.2) is 0 Å². The van der Waals surface area contributed by atoms with Crippen LogP contribution in [0.3, 0.4) is 0 Å². The summed E-state index contributed by atoms with van der Waals surface area (Å²) in [7, 11) is 0. The number of aliphatic hydroxyl groups excluding tert-OH is 2. The zero-order valence-corrected chi connectivity index (χ0v) is 13.2. The molecule has 0 aliphatic carbocycles. The highest BCUT2D eigenvalue weighted by molar-refractivity contribution is 9.10. The van der Waals surface area contributed by atoms with E-state index in [0.717, 1.165) is 5.56 Å². The maximum Gasteiger partial charge on any atom is 0.407 e. The van der Waals surface area contributed by atoms with Crippen molar-refractivity contribution in [1.82, 2.24) is 5.32 Å². The van der Waals surface area contributed by atoms with Crippen LogP contribution in [-0.2, 0) is 11.3 Å². The second-order valence-corrected chi connectivity index (χ2v) is 5.44. The van der Waals surface area contributed by atoms with E-state index in [4.69, 9.17) is 9.15 Å². The van der Waals surface area contributed by atoms with E-state index in [-0.39, 0.29) is 18.9 Å². The van der Waals surface area contributed by atoms with Gasteiger partial charge in [-0.1, -0.05) is 30.3 Å². The van der Waals surface area contributed by atoms with Crippen LogP contribution in [0.4, 0.5) is 4.79 Å². The van der Waals surface area contributed by atoms with E-state index in [2.05, 4.69) is 21.2 Å². The molecule has 0 bridgehead atoms. The number of nitrogens with one attached hydrogen (secondary N) is 1. The number of aliphatic hydroxyl groups is 2. The zero-order chi connectivity index (χ0) is 15.9. The summed E-state index contributed by atoms with van der Waals surface area (Å²) < 4.78 is 10.6. The van der Waals surface area contributed by atoms with E-state index < -0.39 is 18.3 Å². The largest absolute Gasteiger partial charge is 0.465 e. The molecule has 1 aromatic carbocycles. The predicted octanol–water partition coefficient (Wildman–Crippen LogP) is 2.36. The SMILES string of the molecule is O=C(NCC(O)C(O)c1occc1Br)OCc1ccccc1. The minimum absolute atomic E-state index is 0.134. The molecule has 0 aliphatic rings. The number of carbonyl (C=O) groups excluding carboxylic acids is 1. The standard InChI is InChI=1S/C15H16BrNO5/c16-11-6-7-21-14(11)13(19)12(18)8-17-15(20)22-9-10-4-2-1-3-5-10/h1-7,12-13,18-19H,8-9H2,(H,17,20). The van der Waals surface area contributed by atoms with E-state index in [1.165, 1.54) is 6.26 Å². The third-order valence-electron chi connectivity index (χ3n) is 2.95. The number of carbonyl (C=O) groups is 1. The van der Waals surface area contributed by atoms with Crippen LogP contribution in [-0.4, -0.2) is 29.0 Å². The molecule has 118 valence electrons. The van der Waals surface area contributed by atoms with Crippen molar-refractivity contribution < 1.29 is 24.2 Å². The lowest BCUT2D eigenvalue weighted by Gasteiger charge is -2.17. The Morgan fingerprint density at radius 3 is 2.64 bits per heavy atom. The number of furan rings is 1. The normalized spacial score (nSPS) is 13.4. The smallest absolute Gasteiger partial charge is 0.407 e. The third kappa shape index (κ3) is 4.59. The van der Waals surface area contributed by atoms with Gasteiger partial charge in [-0.25, -0.2) is 4.79 Å². The molecule has 1 aromatic heterocycles. The van der Waals surface area contributed by atoms with Crippen LogP contribution in [0.1, 0.15) is 17.4 Å². The van der Waals surface area contributed by atoms with Crippen LogP contribution in [0.2, 0.25) is 0 Å². The molecule has 0 aliphatic heterocycles. The molecule has 0 saturated heterocycles. The minimum Gasteiger partial charge on any atom is -0.465 e. The first kappa shape index (κ1) is 16.5. The van der Waals surface area contributed by atoms with Crippen molar-refractivity contribution in [2.24, 2.45) is 0 Å². The van der Waals surface area contributed by atoms with Gasteiger partial charge < -0.3 is 24.7 Å². The fourth-order valence-electron chi connectivity index (χ4n) is 1.76. The first-order chi connectivity index (χ1) is 10.6. The van der Waals surface area contributed by atoms with Crippen LogP contribution < -0.4 is 5.32 Å². The summed E-state index contributed by atoms with van der Waals surface area (Å²) in [5, 5.41) is 22.1. The molecule has 0 spiro atoms. The van der Waals surface area contributed by atoms with Gasteiger partial charge in [0.2, 0.25) is 0 Å². The van der Waals surface area contributed by atoms with Crippen molar-refractivity contribution in [2.75, 3.05) is 6.54 Å². The van der Waals surface area contributed by atoms with E-state index in [1.807, 2.05) is 30.3 Å². The second kappa shape index (κ2) is 7.98. The van der Waals surface area contributed by atoms with Crippen LogP contribution >= 0.6 is 15.9 Å². The van der Waals surface area contributed by atoms with Crippen molar-refractivity contribution in [1.29, 1.82) is 0 Å². The molecule has 3 N–H and O–H groups in total. The maximum absolute atomic E-state index is 11.5. The molecule has 2 rings (SSSR count). The van der Waals surface area contributed by atoms with Gasteiger partial charge in [0.25, 0.3) is 0 Å². The van der Waals surface area contributed by atoms with Gasteiger partial charge in [0.1, 0.15) is 24.6 Å². The van der Waals surface area contributed by atoms with Crippen LogP contribution in [0.15, 0.2) is 51.6 Å². The average molecular weight is 370 g/mol. The van der Waals surface area contributed by atoms with E-state index >= 15 is 0 Å². The number of alkyl carbamates (subject to hydrolysis) is 1. The molecular formula is C15H16BrNO5. The zero-order valence-electron chi connectivity index (χ0n) is 11.6. The number of hydrogen-bond acceptors (Lipinski definition) is 5. The van der Waals surface area contributed by atoms with Gasteiger partial charge in [0, 0.05) is 6.54 Å². The Labute approximate surface area is 135 Å².